The minimum atomic E-state index is 0. The summed E-state index contributed by atoms with van der Waals surface area (Å²) in [5.41, 5.74) is 0. The Bertz CT molecular complexity index is 135. The Balaban J connectivity index is -0.0000000199. The van der Waals surface area contributed by atoms with E-state index in [1.807, 2.05) is 96.9 Å². The monoisotopic (exact) mass is 499 g/mol. The van der Waals surface area contributed by atoms with Gasteiger partial charge in [-0.25, -0.2) is 0 Å². The first-order valence-electron chi connectivity index (χ1n) is 14.7. The van der Waals surface area contributed by atoms with Crippen LogP contribution in [0.1, 0.15) is 212 Å². The molecule has 0 aromatic rings. The molecule has 0 N–H and O–H groups in total. The lowest BCUT2D eigenvalue weighted by atomic mass is 9.84. The van der Waals surface area contributed by atoms with Crippen molar-refractivity contribution in [2.24, 2.45) is 17.8 Å². The molecule has 0 heterocycles. The second-order valence-electron chi connectivity index (χ2n) is 6.28. The average molecular weight is 499 g/mol. The van der Waals surface area contributed by atoms with Gasteiger partial charge in [-0.15, -0.1) is 0 Å². The third kappa shape index (κ3) is 76.9. The second kappa shape index (κ2) is 93.6. The lowest BCUT2D eigenvalue weighted by molar-refractivity contribution is 0.307. The summed E-state index contributed by atoms with van der Waals surface area (Å²) < 4.78 is 0. The second-order valence-corrected chi connectivity index (χ2v) is 6.28. The molecular formula is C34H90. The molecule has 3 aliphatic rings. The Morgan fingerprint density at radius 3 is 0.529 bits per heavy atom. The van der Waals surface area contributed by atoms with Crippen molar-refractivity contribution < 1.29 is 0 Å². The van der Waals surface area contributed by atoms with Gasteiger partial charge in [0.1, 0.15) is 0 Å². The van der Waals surface area contributed by atoms with E-state index in [1.165, 1.54) is 64.2 Å². The molecule has 0 aromatic heterocycles. The van der Waals surface area contributed by atoms with E-state index >= 15 is 0 Å². The van der Waals surface area contributed by atoms with Crippen molar-refractivity contribution in [3.8, 4) is 0 Å². The smallest absolute Gasteiger partial charge is 0.0417 e. The van der Waals surface area contributed by atoms with Crippen molar-refractivity contribution in [3.05, 3.63) is 0 Å². The topological polar surface area (TPSA) is 0 Å². The third-order valence-corrected chi connectivity index (χ3v) is 4.59. The molecule has 0 atom stereocenters. The molecule has 3 aliphatic carbocycles. The van der Waals surface area contributed by atoms with Gasteiger partial charge in [-0.05, 0) is 17.8 Å². The highest BCUT2D eigenvalue weighted by molar-refractivity contribution is 4.66. The highest BCUT2D eigenvalue weighted by Gasteiger charge is 2.13. The third-order valence-electron chi connectivity index (χ3n) is 4.59. The van der Waals surface area contributed by atoms with Crippen molar-refractivity contribution in [2.45, 2.75) is 212 Å². The molecule has 0 aromatic carbocycles. The lowest BCUT2D eigenvalue weighted by Crippen LogP contribution is -2.08. The van der Waals surface area contributed by atoms with Gasteiger partial charge in [0.2, 0.25) is 0 Å². The highest BCUT2D eigenvalue weighted by Crippen LogP contribution is 2.28. The van der Waals surface area contributed by atoms with E-state index in [-0.39, 0.29) is 29.7 Å². The summed E-state index contributed by atoms with van der Waals surface area (Å²) in [5, 5.41) is 0. The Labute approximate surface area is 229 Å². The molecule has 3 saturated carbocycles. The van der Waals surface area contributed by atoms with Crippen LogP contribution in [0.4, 0.5) is 0 Å². The fourth-order valence-corrected chi connectivity index (χ4v) is 2.13. The molecule has 0 radical (unpaired) electrons. The maximum Gasteiger partial charge on any atom is -0.0417 e. The zero-order chi connectivity index (χ0) is 25.8. The normalized spacial score (nSPS) is 13.0. The molecule has 3 rings (SSSR count). The molecule has 0 aliphatic heterocycles. The van der Waals surface area contributed by atoms with Gasteiger partial charge in [0.25, 0.3) is 0 Å². The molecular weight excluding hydrogens is 408 g/mol. The van der Waals surface area contributed by atoms with Crippen LogP contribution in [-0.4, -0.2) is 0 Å². The van der Waals surface area contributed by atoms with E-state index in [1.54, 1.807) is 0 Å². The number of rotatable bonds is 1. The van der Waals surface area contributed by atoms with Crippen LogP contribution in [0, 0.1) is 17.8 Å². The zero-order valence-corrected chi connectivity index (χ0v) is 25.8. The van der Waals surface area contributed by atoms with Crippen molar-refractivity contribution in [3.63, 3.8) is 0 Å². The first kappa shape index (κ1) is 70.0. The van der Waals surface area contributed by atoms with E-state index in [0.29, 0.717) is 0 Å². The van der Waals surface area contributed by atoms with Gasteiger partial charge < -0.3 is 0 Å². The molecule has 34 heavy (non-hydrogen) atoms. The summed E-state index contributed by atoms with van der Waals surface area (Å²) in [5.74, 6) is 3.25. The van der Waals surface area contributed by atoms with Gasteiger partial charge in [-0.2, -0.15) is 0 Å². The van der Waals surface area contributed by atoms with Crippen LogP contribution < -0.4 is 0 Å². The predicted molar refractivity (Wildman–Crippen MR) is 180 cm³/mol. The molecule has 226 valence electrons. The maximum absolute atomic E-state index is 2.31. The fraction of sp³-hybridized carbons (Fsp3) is 1.00. The van der Waals surface area contributed by atoms with Crippen molar-refractivity contribution in [1.29, 1.82) is 0 Å². The molecule has 0 spiro atoms. The zero-order valence-electron chi connectivity index (χ0n) is 25.8. The highest BCUT2D eigenvalue weighted by atomic mass is 14.2. The number of hydrogen-bond donors (Lipinski definition) is 0. The average Bonchev–Trinajstić information content (AvgIpc) is 2.80. The molecule has 0 bridgehead atoms. The van der Waals surface area contributed by atoms with Crippen LogP contribution in [0.5, 0.6) is 0 Å². The van der Waals surface area contributed by atoms with Gasteiger partial charge in [-0.3, -0.25) is 0 Å². The van der Waals surface area contributed by atoms with Crippen LogP contribution in [-0.2, 0) is 0 Å². The lowest BCUT2D eigenvalue weighted by Gasteiger charge is -2.22. The van der Waals surface area contributed by atoms with Crippen molar-refractivity contribution >= 4 is 0 Å². The largest absolute Gasteiger partial charge is 0.0776 e. The quantitative estimate of drug-likeness (QED) is 0.337. The van der Waals surface area contributed by atoms with Gasteiger partial charge in [0, 0.05) is 0 Å². The van der Waals surface area contributed by atoms with Crippen LogP contribution in [0.2, 0.25) is 0 Å². The summed E-state index contributed by atoms with van der Waals surface area (Å²) in [6.45, 7) is 34.9. The summed E-state index contributed by atoms with van der Waals surface area (Å²) in [6, 6.07) is 0. The first-order valence-corrected chi connectivity index (χ1v) is 14.7. The van der Waals surface area contributed by atoms with Crippen molar-refractivity contribution in [2.75, 3.05) is 0 Å². The van der Waals surface area contributed by atoms with Crippen LogP contribution in [0.15, 0.2) is 0 Å². The van der Waals surface area contributed by atoms with E-state index in [0.717, 1.165) is 17.8 Å². The minimum Gasteiger partial charge on any atom is -0.0776 e. The Kier molecular flexibility index (Phi) is 193. The summed E-state index contributed by atoms with van der Waals surface area (Å²) in [6.07, 6.45) is 14.9. The summed E-state index contributed by atoms with van der Waals surface area (Å²) in [4.78, 5) is 0. The SMILES string of the molecule is C.C.C.C.CC.CC.CC.CC.CC.CC.CC.CC1CCC1.CC1CCC1.CCC1CCC1. The van der Waals surface area contributed by atoms with Gasteiger partial charge >= 0.3 is 0 Å². The summed E-state index contributed by atoms with van der Waals surface area (Å²) >= 11 is 0. The Morgan fingerprint density at radius 2 is 0.529 bits per heavy atom. The molecule has 0 amide bonds. The molecule has 3 fully saturated rings. The van der Waals surface area contributed by atoms with Crippen LogP contribution in [0.3, 0.4) is 0 Å². The predicted octanol–water partition coefficient (Wildman–Crippen LogP) is 15.5. The van der Waals surface area contributed by atoms with Crippen LogP contribution >= 0.6 is 0 Å². The van der Waals surface area contributed by atoms with Crippen molar-refractivity contribution in [1.82, 2.24) is 0 Å². The molecule has 0 saturated heterocycles. The molecule has 0 unspecified atom stereocenters. The van der Waals surface area contributed by atoms with E-state index < -0.39 is 0 Å². The van der Waals surface area contributed by atoms with Gasteiger partial charge in [0.15, 0.2) is 0 Å². The molecule has 0 heteroatoms. The van der Waals surface area contributed by atoms with Gasteiger partial charge in [0.05, 0.1) is 0 Å². The first-order chi connectivity index (χ1) is 14.7. The Morgan fingerprint density at radius 1 is 0.382 bits per heavy atom. The number of hydrogen-bond acceptors (Lipinski definition) is 0. The van der Waals surface area contributed by atoms with Gasteiger partial charge in [-0.1, -0.05) is 212 Å². The standard InChI is InChI=1S/C6H12.2C5H10.7C2H6.4CH4/c1-2-6-4-3-5-6;2*1-5-3-2-4-5;7*1-2;;;;/h6H,2-5H2,1H3;2*5H,2-4H2,1H3;7*1-2H3;4*1H4. The Hall–Kier alpha value is 0. The maximum atomic E-state index is 2.31. The fourth-order valence-electron chi connectivity index (χ4n) is 2.13. The van der Waals surface area contributed by atoms with E-state index in [4.69, 9.17) is 0 Å². The van der Waals surface area contributed by atoms with Crippen LogP contribution in [0.25, 0.3) is 0 Å². The minimum absolute atomic E-state index is 0. The van der Waals surface area contributed by atoms with E-state index in [2.05, 4.69) is 20.8 Å². The summed E-state index contributed by atoms with van der Waals surface area (Å²) in [7, 11) is 0. The van der Waals surface area contributed by atoms with E-state index in [9.17, 15) is 0 Å². The molecule has 0 nitrogen and oxygen atoms in total.